The van der Waals surface area contributed by atoms with Gasteiger partial charge in [-0.2, -0.15) is 4.98 Å². The Balaban J connectivity index is 2.19. The van der Waals surface area contributed by atoms with Gasteiger partial charge in [-0.3, -0.25) is 0 Å². The second kappa shape index (κ2) is 6.90. The van der Waals surface area contributed by atoms with Crippen molar-refractivity contribution < 1.29 is 4.52 Å². The smallest absolute Gasteiger partial charge is 0.231 e. The van der Waals surface area contributed by atoms with Crippen LogP contribution in [0.1, 0.15) is 32.6 Å². The number of nitrogens with two attached hydrogens (primary N) is 1. The maximum Gasteiger partial charge on any atom is 0.231 e. The molecule has 0 fully saturated rings. The zero-order valence-electron chi connectivity index (χ0n) is 12.2. The fraction of sp³-hybridized carbons (Fsp3) is 0.467. The van der Waals surface area contributed by atoms with Crippen LogP contribution < -0.4 is 5.73 Å². The van der Waals surface area contributed by atoms with Gasteiger partial charge < -0.3 is 10.3 Å². The van der Waals surface area contributed by atoms with Gasteiger partial charge in [-0.05, 0) is 35.9 Å². The van der Waals surface area contributed by atoms with Crippen LogP contribution in [0.25, 0.3) is 11.4 Å². The van der Waals surface area contributed by atoms with E-state index in [1.807, 2.05) is 23.9 Å². The first kappa shape index (κ1) is 15.1. The molecule has 5 heteroatoms. The molecule has 108 valence electrons. The van der Waals surface area contributed by atoms with Crippen LogP contribution in [0, 0.1) is 5.92 Å². The Hall–Kier alpha value is -1.33. The Morgan fingerprint density at radius 2 is 1.95 bits per heavy atom. The lowest BCUT2D eigenvalue weighted by atomic mass is 9.96. The minimum absolute atomic E-state index is 0.117. The molecule has 1 heterocycles. The van der Waals surface area contributed by atoms with Gasteiger partial charge in [-0.25, -0.2) is 0 Å². The molecular formula is C15H21N3OS. The van der Waals surface area contributed by atoms with Crippen molar-refractivity contribution in [1.29, 1.82) is 0 Å². The molecule has 1 aromatic carbocycles. The van der Waals surface area contributed by atoms with Crippen molar-refractivity contribution in [1.82, 2.24) is 10.1 Å². The highest BCUT2D eigenvalue weighted by molar-refractivity contribution is 7.99. The van der Waals surface area contributed by atoms with Gasteiger partial charge in [0.15, 0.2) is 0 Å². The average Bonchev–Trinajstić information content (AvgIpc) is 2.90. The van der Waals surface area contributed by atoms with Gasteiger partial charge in [0.2, 0.25) is 11.7 Å². The number of benzene rings is 1. The lowest BCUT2D eigenvalue weighted by Crippen LogP contribution is -2.18. The van der Waals surface area contributed by atoms with Gasteiger partial charge in [0.25, 0.3) is 0 Å². The fourth-order valence-electron chi connectivity index (χ4n) is 2.03. The van der Waals surface area contributed by atoms with Crippen LogP contribution >= 0.6 is 11.8 Å². The summed E-state index contributed by atoms with van der Waals surface area (Å²) in [7, 11) is 0. The molecule has 0 aliphatic carbocycles. The van der Waals surface area contributed by atoms with Crippen molar-refractivity contribution >= 4 is 11.8 Å². The van der Waals surface area contributed by atoms with Gasteiger partial charge >= 0.3 is 0 Å². The SMILES string of the molecule is CCSc1ccc(-c2noc(C(CN)C(C)C)n2)cc1. The third-order valence-electron chi connectivity index (χ3n) is 3.24. The number of hydrogen-bond acceptors (Lipinski definition) is 5. The molecule has 0 aliphatic heterocycles. The predicted octanol–water partition coefficient (Wildman–Crippen LogP) is 3.55. The van der Waals surface area contributed by atoms with Crippen molar-refractivity contribution in [2.75, 3.05) is 12.3 Å². The summed E-state index contributed by atoms with van der Waals surface area (Å²) in [6.45, 7) is 6.88. The Labute approximate surface area is 124 Å². The van der Waals surface area contributed by atoms with Crippen LogP contribution in [0.2, 0.25) is 0 Å². The van der Waals surface area contributed by atoms with Crippen LogP contribution in [0.15, 0.2) is 33.7 Å². The molecule has 4 nitrogen and oxygen atoms in total. The molecule has 1 atom stereocenters. The number of thioether (sulfide) groups is 1. The summed E-state index contributed by atoms with van der Waals surface area (Å²) in [6, 6.07) is 8.23. The van der Waals surface area contributed by atoms with Gasteiger partial charge in [-0.15, -0.1) is 11.8 Å². The highest BCUT2D eigenvalue weighted by Gasteiger charge is 2.21. The minimum Gasteiger partial charge on any atom is -0.339 e. The summed E-state index contributed by atoms with van der Waals surface area (Å²) < 4.78 is 5.36. The summed E-state index contributed by atoms with van der Waals surface area (Å²) in [5, 5.41) is 4.06. The summed E-state index contributed by atoms with van der Waals surface area (Å²) in [4.78, 5) is 5.74. The zero-order chi connectivity index (χ0) is 14.5. The first-order valence-electron chi connectivity index (χ1n) is 6.92. The van der Waals surface area contributed by atoms with Crippen molar-refractivity contribution in [2.45, 2.75) is 31.6 Å². The lowest BCUT2D eigenvalue weighted by Gasteiger charge is -2.13. The average molecular weight is 291 g/mol. The highest BCUT2D eigenvalue weighted by atomic mass is 32.2. The van der Waals surface area contributed by atoms with Crippen LogP contribution in [-0.4, -0.2) is 22.4 Å². The van der Waals surface area contributed by atoms with Crippen molar-refractivity contribution in [2.24, 2.45) is 11.7 Å². The molecule has 0 saturated carbocycles. The Morgan fingerprint density at radius 3 is 2.50 bits per heavy atom. The normalized spacial score (nSPS) is 12.8. The van der Waals surface area contributed by atoms with E-state index in [2.05, 4.69) is 43.0 Å². The van der Waals surface area contributed by atoms with E-state index < -0.39 is 0 Å². The van der Waals surface area contributed by atoms with E-state index in [0.717, 1.165) is 11.3 Å². The quantitative estimate of drug-likeness (QED) is 0.825. The van der Waals surface area contributed by atoms with E-state index in [0.29, 0.717) is 24.2 Å². The molecule has 0 radical (unpaired) electrons. The Morgan fingerprint density at radius 1 is 1.25 bits per heavy atom. The van der Waals surface area contributed by atoms with E-state index in [1.54, 1.807) is 0 Å². The van der Waals surface area contributed by atoms with Crippen LogP contribution in [0.5, 0.6) is 0 Å². The summed E-state index contributed by atoms with van der Waals surface area (Å²) in [5.74, 6) is 2.83. The second-order valence-electron chi connectivity index (χ2n) is 5.00. The monoisotopic (exact) mass is 291 g/mol. The van der Waals surface area contributed by atoms with Crippen LogP contribution in [-0.2, 0) is 0 Å². The van der Waals surface area contributed by atoms with Gasteiger partial charge in [0, 0.05) is 17.0 Å². The van der Waals surface area contributed by atoms with Gasteiger partial charge in [0.1, 0.15) is 0 Å². The largest absolute Gasteiger partial charge is 0.339 e. The molecule has 1 aromatic heterocycles. The molecule has 2 rings (SSSR count). The molecule has 0 spiro atoms. The van der Waals surface area contributed by atoms with Gasteiger partial charge in [-0.1, -0.05) is 25.9 Å². The molecule has 0 bridgehead atoms. The maximum atomic E-state index is 5.78. The van der Waals surface area contributed by atoms with E-state index in [1.165, 1.54) is 4.90 Å². The predicted molar refractivity (Wildman–Crippen MR) is 82.8 cm³/mol. The Bertz CT molecular complexity index is 536. The first-order valence-corrected chi connectivity index (χ1v) is 7.91. The van der Waals surface area contributed by atoms with E-state index in [9.17, 15) is 0 Å². The van der Waals surface area contributed by atoms with E-state index >= 15 is 0 Å². The van der Waals surface area contributed by atoms with Gasteiger partial charge in [0.05, 0.1) is 5.92 Å². The minimum atomic E-state index is 0.117. The third kappa shape index (κ3) is 3.41. The Kier molecular flexibility index (Phi) is 5.20. The topological polar surface area (TPSA) is 64.9 Å². The zero-order valence-corrected chi connectivity index (χ0v) is 13.0. The second-order valence-corrected chi connectivity index (χ2v) is 6.34. The van der Waals surface area contributed by atoms with Crippen molar-refractivity contribution in [3.63, 3.8) is 0 Å². The summed E-state index contributed by atoms with van der Waals surface area (Å²) >= 11 is 1.82. The third-order valence-corrected chi connectivity index (χ3v) is 4.14. The molecule has 0 saturated heterocycles. The maximum absolute atomic E-state index is 5.78. The fourth-order valence-corrected chi connectivity index (χ4v) is 2.69. The van der Waals surface area contributed by atoms with Crippen LogP contribution in [0.3, 0.4) is 0 Å². The molecule has 2 aromatic rings. The number of hydrogen-bond donors (Lipinski definition) is 1. The van der Waals surface area contributed by atoms with Crippen LogP contribution in [0.4, 0.5) is 0 Å². The molecule has 0 aliphatic rings. The summed E-state index contributed by atoms with van der Waals surface area (Å²) in [6.07, 6.45) is 0. The number of aromatic nitrogens is 2. The van der Waals surface area contributed by atoms with Crippen molar-refractivity contribution in [3.05, 3.63) is 30.2 Å². The molecule has 1 unspecified atom stereocenters. The molecule has 20 heavy (non-hydrogen) atoms. The molecular weight excluding hydrogens is 270 g/mol. The lowest BCUT2D eigenvalue weighted by molar-refractivity contribution is 0.324. The highest BCUT2D eigenvalue weighted by Crippen LogP contribution is 2.26. The van der Waals surface area contributed by atoms with E-state index in [-0.39, 0.29) is 5.92 Å². The summed E-state index contributed by atoms with van der Waals surface area (Å²) in [5.41, 5.74) is 6.75. The standard InChI is InChI=1S/C15H21N3OS/c1-4-20-12-7-5-11(6-8-12)14-17-15(19-18-14)13(9-16)10(2)3/h5-8,10,13H,4,9,16H2,1-3H3. The molecule has 2 N–H and O–H groups in total. The van der Waals surface area contributed by atoms with E-state index in [4.69, 9.17) is 10.3 Å². The van der Waals surface area contributed by atoms with Crippen molar-refractivity contribution in [3.8, 4) is 11.4 Å². The number of nitrogens with zero attached hydrogens (tertiary/aromatic N) is 2. The number of rotatable bonds is 6. The molecule has 0 amide bonds. The first-order chi connectivity index (χ1) is 9.65.